The number of piperazine rings is 1. The van der Waals surface area contributed by atoms with Gasteiger partial charge in [0.2, 0.25) is 5.91 Å². The van der Waals surface area contributed by atoms with E-state index in [4.69, 9.17) is 4.74 Å². The fourth-order valence-electron chi connectivity index (χ4n) is 4.90. The van der Waals surface area contributed by atoms with E-state index < -0.39 is 0 Å². The Morgan fingerprint density at radius 3 is 2.24 bits per heavy atom. The van der Waals surface area contributed by atoms with Crippen molar-refractivity contribution in [2.45, 2.75) is 32.1 Å². The number of hydrogen-bond donors (Lipinski definition) is 0. The Bertz CT molecular complexity index is 902. The van der Waals surface area contributed by atoms with Gasteiger partial charge in [0.25, 0.3) is 5.91 Å². The van der Waals surface area contributed by atoms with Gasteiger partial charge in [0.1, 0.15) is 12.3 Å². The number of ether oxygens (including phenoxy) is 1. The van der Waals surface area contributed by atoms with E-state index in [0.717, 1.165) is 44.3 Å². The molecule has 1 aliphatic heterocycles. The lowest BCUT2D eigenvalue weighted by Gasteiger charge is -2.36. The van der Waals surface area contributed by atoms with E-state index in [1.807, 2.05) is 35.2 Å². The van der Waals surface area contributed by atoms with Gasteiger partial charge < -0.3 is 9.64 Å². The van der Waals surface area contributed by atoms with Crippen molar-refractivity contribution >= 4 is 17.5 Å². The molecule has 33 heavy (non-hydrogen) atoms. The van der Waals surface area contributed by atoms with Crippen LogP contribution in [0.4, 0.5) is 5.69 Å². The molecule has 1 heterocycles. The van der Waals surface area contributed by atoms with Crippen molar-refractivity contribution in [3.8, 4) is 5.75 Å². The fourth-order valence-corrected chi connectivity index (χ4v) is 4.90. The summed E-state index contributed by atoms with van der Waals surface area (Å²) >= 11 is 0. The summed E-state index contributed by atoms with van der Waals surface area (Å²) < 4.78 is 5.20. The van der Waals surface area contributed by atoms with Crippen molar-refractivity contribution in [1.82, 2.24) is 9.80 Å². The molecule has 0 N–H and O–H groups in total. The number of methoxy groups -OCH3 is 1. The van der Waals surface area contributed by atoms with Gasteiger partial charge in [0.05, 0.1) is 7.11 Å². The topological polar surface area (TPSA) is 53.1 Å². The molecule has 2 amide bonds. The molecule has 2 fully saturated rings. The van der Waals surface area contributed by atoms with Crippen molar-refractivity contribution in [2.24, 2.45) is 5.92 Å². The fraction of sp³-hybridized carbons (Fsp3) is 0.481. The Morgan fingerprint density at radius 2 is 1.61 bits per heavy atom. The van der Waals surface area contributed by atoms with Crippen LogP contribution in [-0.4, -0.2) is 68.0 Å². The van der Waals surface area contributed by atoms with Crippen molar-refractivity contribution < 1.29 is 14.3 Å². The molecule has 4 rings (SSSR count). The maximum atomic E-state index is 13.3. The second-order valence-electron chi connectivity index (χ2n) is 9.12. The Kier molecular flexibility index (Phi) is 8.00. The highest BCUT2D eigenvalue weighted by Gasteiger charge is 2.26. The molecular formula is C27H35N3O3. The predicted molar refractivity (Wildman–Crippen MR) is 131 cm³/mol. The van der Waals surface area contributed by atoms with Crippen LogP contribution in [0.15, 0.2) is 54.6 Å². The summed E-state index contributed by atoms with van der Waals surface area (Å²) in [5, 5.41) is 0. The summed E-state index contributed by atoms with van der Waals surface area (Å²) in [6.07, 6.45) is 6.83. The van der Waals surface area contributed by atoms with E-state index in [-0.39, 0.29) is 18.4 Å². The Labute approximate surface area is 197 Å². The average molecular weight is 450 g/mol. The third-order valence-corrected chi connectivity index (χ3v) is 7.00. The number of rotatable bonds is 8. The second kappa shape index (κ2) is 11.3. The third-order valence-electron chi connectivity index (χ3n) is 7.00. The normalized spacial score (nSPS) is 17.2. The third kappa shape index (κ3) is 6.14. The smallest absolute Gasteiger partial charge is 0.258 e. The highest BCUT2D eigenvalue weighted by Crippen LogP contribution is 2.27. The van der Waals surface area contributed by atoms with E-state index in [9.17, 15) is 9.59 Å². The van der Waals surface area contributed by atoms with Crippen LogP contribution in [0.25, 0.3) is 0 Å². The second-order valence-corrected chi connectivity index (χ2v) is 9.12. The molecule has 6 nitrogen and oxygen atoms in total. The molecule has 1 aliphatic carbocycles. The Hall–Kier alpha value is -2.86. The number of carbonyl (C=O) groups excluding carboxylic acids is 2. The Balaban J connectivity index is 1.36. The van der Waals surface area contributed by atoms with Gasteiger partial charge in [-0.2, -0.15) is 0 Å². The number of anilines is 1. The van der Waals surface area contributed by atoms with E-state index in [2.05, 4.69) is 4.90 Å². The Morgan fingerprint density at radius 1 is 0.939 bits per heavy atom. The van der Waals surface area contributed by atoms with Crippen molar-refractivity contribution in [3.05, 3.63) is 60.2 Å². The van der Waals surface area contributed by atoms with Crippen LogP contribution >= 0.6 is 0 Å². The molecule has 0 radical (unpaired) electrons. The van der Waals surface area contributed by atoms with Crippen LogP contribution in [0.3, 0.4) is 0 Å². The van der Waals surface area contributed by atoms with Crippen molar-refractivity contribution in [1.29, 1.82) is 0 Å². The summed E-state index contributed by atoms with van der Waals surface area (Å²) in [7, 11) is 1.60. The molecule has 2 aromatic carbocycles. The number of nitrogens with zero attached hydrogens (tertiary/aromatic N) is 3. The quantitative estimate of drug-likeness (QED) is 0.610. The zero-order chi connectivity index (χ0) is 23.0. The van der Waals surface area contributed by atoms with Crippen LogP contribution in [0.5, 0.6) is 5.75 Å². The largest absolute Gasteiger partial charge is 0.497 e. The van der Waals surface area contributed by atoms with Crippen molar-refractivity contribution in [3.63, 3.8) is 0 Å². The average Bonchev–Trinajstić information content (AvgIpc) is 3.40. The van der Waals surface area contributed by atoms with E-state index in [1.54, 1.807) is 36.3 Å². The molecule has 0 aromatic heterocycles. The van der Waals surface area contributed by atoms with Crippen molar-refractivity contribution in [2.75, 3.05) is 51.3 Å². The highest BCUT2D eigenvalue weighted by molar-refractivity contribution is 6.08. The molecular weight excluding hydrogens is 414 g/mol. The highest BCUT2D eigenvalue weighted by atomic mass is 16.5. The number of carbonyl (C=O) groups is 2. The SMILES string of the molecule is COc1ccc(C(=O)N(CC(=O)N2CCN(CCC3CCCC3)CC2)c2ccccc2)cc1. The van der Waals surface area contributed by atoms with Crippen LogP contribution in [-0.2, 0) is 4.79 Å². The monoisotopic (exact) mass is 449 g/mol. The molecule has 1 saturated heterocycles. The standard InChI is InChI=1S/C27H35N3O3/c1-33-25-13-11-23(12-14-25)27(32)30(24-9-3-2-4-10-24)21-26(31)29-19-17-28(18-20-29)16-15-22-7-5-6-8-22/h2-4,9-14,22H,5-8,15-21H2,1H3. The summed E-state index contributed by atoms with van der Waals surface area (Å²) in [5.41, 5.74) is 1.26. The zero-order valence-corrected chi connectivity index (χ0v) is 19.6. The number of para-hydroxylation sites is 1. The first-order chi connectivity index (χ1) is 16.1. The lowest BCUT2D eigenvalue weighted by Crippen LogP contribution is -2.52. The van der Waals surface area contributed by atoms with Gasteiger partial charge in [-0.15, -0.1) is 0 Å². The molecule has 0 spiro atoms. The van der Waals surface area contributed by atoms with Gasteiger partial charge in [0.15, 0.2) is 0 Å². The molecule has 176 valence electrons. The van der Waals surface area contributed by atoms with Gasteiger partial charge in [-0.25, -0.2) is 0 Å². The summed E-state index contributed by atoms with van der Waals surface area (Å²) in [6.45, 7) is 4.45. The molecule has 0 bridgehead atoms. The van der Waals surface area contributed by atoms with E-state index >= 15 is 0 Å². The minimum Gasteiger partial charge on any atom is -0.497 e. The maximum absolute atomic E-state index is 13.3. The lowest BCUT2D eigenvalue weighted by molar-refractivity contribution is -0.131. The summed E-state index contributed by atoms with van der Waals surface area (Å²) in [4.78, 5) is 32.5. The molecule has 0 unspecified atom stereocenters. The zero-order valence-electron chi connectivity index (χ0n) is 19.6. The van der Waals surface area contributed by atoms with Crippen LogP contribution in [0.2, 0.25) is 0 Å². The van der Waals surface area contributed by atoms with Gasteiger partial charge in [-0.05, 0) is 55.3 Å². The first-order valence-electron chi connectivity index (χ1n) is 12.1. The molecule has 2 aromatic rings. The minimum absolute atomic E-state index is 0.00356. The molecule has 6 heteroatoms. The van der Waals surface area contributed by atoms with Gasteiger partial charge >= 0.3 is 0 Å². The van der Waals surface area contributed by atoms with Gasteiger partial charge in [-0.3, -0.25) is 19.4 Å². The first-order valence-corrected chi connectivity index (χ1v) is 12.1. The summed E-state index contributed by atoms with van der Waals surface area (Å²) in [6, 6.07) is 16.4. The van der Waals surface area contributed by atoms with E-state index in [0.29, 0.717) is 11.3 Å². The van der Waals surface area contributed by atoms with Gasteiger partial charge in [-0.1, -0.05) is 43.9 Å². The van der Waals surface area contributed by atoms with Crippen LogP contribution in [0, 0.1) is 5.92 Å². The summed E-state index contributed by atoms with van der Waals surface area (Å²) in [5.74, 6) is 1.40. The molecule has 2 aliphatic rings. The minimum atomic E-state index is -0.188. The molecule has 0 atom stereocenters. The maximum Gasteiger partial charge on any atom is 0.258 e. The predicted octanol–water partition coefficient (Wildman–Crippen LogP) is 4.07. The van der Waals surface area contributed by atoms with E-state index in [1.165, 1.54) is 32.1 Å². The number of benzene rings is 2. The molecule has 1 saturated carbocycles. The van der Waals surface area contributed by atoms with Crippen LogP contribution < -0.4 is 9.64 Å². The number of amides is 2. The first kappa shape index (κ1) is 23.3. The number of hydrogen-bond acceptors (Lipinski definition) is 4. The van der Waals surface area contributed by atoms with Crippen LogP contribution in [0.1, 0.15) is 42.5 Å². The van der Waals surface area contributed by atoms with Gasteiger partial charge in [0, 0.05) is 37.4 Å². The lowest BCUT2D eigenvalue weighted by atomic mass is 10.0.